The first-order chi connectivity index (χ1) is 8.18. The van der Waals surface area contributed by atoms with Gasteiger partial charge in [0, 0.05) is 24.2 Å². The number of benzene rings is 1. The van der Waals surface area contributed by atoms with Gasteiger partial charge in [0.1, 0.15) is 0 Å². The Bertz CT molecular complexity index is 532. The third-order valence-electron chi connectivity index (χ3n) is 2.46. The lowest BCUT2D eigenvalue weighted by molar-refractivity contribution is 0.0953. The van der Waals surface area contributed by atoms with Gasteiger partial charge in [-0.1, -0.05) is 18.2 Å². The lowest BCUT2D eigenvalue weighted by Gasteiger charge is -2.09. The molecule has 4 nitrogen and oxygen atoms in total. The molecule has 1 heterocycles. The maximum atomic E-state index is 12.0. The minimum absolute atomic E-state index is 0.0538. The van der Waals surface area contributed by atoms with Crippen LogP contribution in [0, 0.1) is 0 Å². The van der Waals surface area contributed by atoms with Gasteiger partial charge < -0.3 is 11.1 Å². The number of fused-ring (bicyclic) bond motifs is 1. The molecule has 88 valence electrons. The average Bonchev–Trinajstić information content (AvgIpc) is 2.35. The van der Waals surface area contributed by atoms with Crippen molar-refractivity contribution in [3.05, 3.63) is 42.1 Å². The second kappa shape index (κ2) is 4.93. The molecule has 0 fully saturated rings. The lowest BCUT2D eigenvalue weighted by Crippen LogP contribution is -2.35. The second-order valence-electron chi connectivity index (χ2n) is 4.07. The Labute approximate surface area is 99.8 Å². The van der Waals surface area contributed by atoms with E-state index in [-0.39, 0.29) is 11.9 Å². The summed E-state index contributed by atoms with van der Waals surface area (Å²) in [6.07, 6.45) is 1.69. The van der Waals surface area contributed by atoms with Crippen LogP contribution < -0.4 is 11.1 Å². The third kappa shape index (κ3) is 2.60. The molecule has 1 amide bonds. The molecule has 0 saturated heterocycles. The van der Waals surface area contributed by atoms with E-state index in [0.717, 1.165) is 10.9 Å². The predicted molar refractivity (Wildman–Crippen MR) is 67.7 cm³/mol. The van der Waals surface area contributed by atoms with E-state index in [2.05, 4.69) is 10.3 Å². The number of carbonyl (C=O) groups is 1. The molecule has 0 radical (unpaired) electrons. The Morgan fingerprint density at radius 1 is 1.41 bits per heavy atom. The molecule has 3 N–H and O–H groups in total. The zero-order chi connectivity index (χ0) is 12.3. The first-order valence-electron chi connectivity index (χ1n) is 5.56. The van der Waals surface area contributed by atoms with Crippen LogP contribution in [0.25, 0.3) is 10.9 Å². The van der Waals surface area contributed by atoms with Gasteiger partial charge in [-0.25, -0.2) is 0 Å². The van der Waals surface area contributed by atoms with E-state index in [4.69, 9.17) is 5.73 Å². The Morgan fingerprint density at radius 2 is 2.18 bits per heavy atom. The van der Waals surface area contributed by atoms with E-state index in [1.807, 2.05) is 31.2 Å². The smallest absolute Gasteiger partial charge is 0.253 e. The van der Waals surface area contributed by atoms with Crippen LogP contribution in [0.5, 0.6) is 0 Å². The summed E-state index contributed by atoms with van der Waals surface area (Å²) in [6.45, 7) is 2.31. The monoisotopic (exact) mass is 229 g/mol. The fourth-order valence-electron chi connectivity index (χ4n) is 1.64. The van der Waals surface area contributed by atoms with Crippen LogP contribution >= 0.6 is 0 Å². The summed E-state index contributed by atoms with van der Waals surface area (Å²) in [4.78, 5) is 16.2. The fraction of sp³-hybridized carbons (Fsp3) is 0.231. The summed E-state index contributed by atoms with van der Waals surface area (Å²) in [5.41, 5.74) is 6.91. The molecule has 2 rings (SSSR count). The molecular weight excluding hydrogens is 214 g/mol. The zero-order valence-electron chi connectivity index (χ0n) is 9.68. The van der Waals surface area contributed by atoms with Crippen LogP contribution in [0.2, 0.25) is 0 Å². The van der Waals surface area contributed by atoms with Gasteiger partial charge in [0.25, 0.3) is 5.91 Å². The first kappa shape index (κ1) is 11.5. The van der Waals surface area contributed by atoms with Gasteiger partial charge in [-0.15, -0.1) is 0 Å². The summed E-state index contributed by atoms with van der Waals surface area (Å²) >= 11 is 0. The highest BCUT2D eigenvalue weighted by Crippen LogP contribution is 2.15. The van der Waals surface area contributed by atoms with Gasteiger partial charge in [-0.05, 0) is 19.1 Å². The van der Waals surface area contributed by atoms with E-state index in [1.54, 1.807) is 12.3 Å². The van der Waals surface area contributed by atoms with Crippen molar-refractivity contribution in [1.82, 2.24) is 10.3 Å². The highest BCUT2D eigenvalue weighted by Gasteiger charge is 2.10. The van der Waals surface area contributed by atoms with Crippen LogP contribution in [0.1, 0.15) is 17.3 Å². The zero-order valence-corrected chi connectivity index (χ0v) is 9.68. The van der Waals surface area contributed by atoms with Crippen LogP contribution in [0.15, 0.2) is 36.5 Å². The number of hydrogen-bond donors (Lipinski definition) is 2. The van der Waals surface area contributed by atoms with E-state index < -0.39 is 0 Å². The van der Waals surface area contributed by atoms with Gasteiger partial charge in [0.05, 0.1) is 11.1 Å². The number of rotatable bonds is 3. The average molecular weight is 229 g/mol. The number of carbonyl (C=O) groups excluding carboxylic acids is 1. The second-order valence-corrected chi connectivity index (χ2v) is 4.07. The molecule has 0 aliphatic heterocycles. The highest BCUT2D eigenvalue weighted by atomic mass is 16.1. The number of aromatic nitrogens is 1. The summed E-state index contributed by atoms with van der Waals surface area (Å²) in [5.74, 6) is -0.133. The minimum Gasteiger partial charge on any atom is -0.350 e. The number of nitrogens with two attached hydrogens (primary N) is 1. The van der Waals surface area contributed by atoms with Crippen LogP contribution in [-0.2, 0) is 0 Å². The van der Waals surface area contributed by atoms with Crippen molar-refractivity contribution in [2.75, 3.05) is 6.54 Å². The SMILES string of the molecule is CC(N)CNC(=O)c1cccc2cccnc12. The normalized spacial score (nSPS) is 12.4. The maximum absolute atomic E-state index is 12.0. The molecule has 4 heteroatoms. The highest BCUT2D eigenvalue weighted by molar-refractivity contribution is 6.05. The molecule has 2 aromatic rings. The first-order valence-corrected chi connectivity index (χ1v) is 5.56. The van der Waals surface area contributed by atoms with Crippen molar-refractivity contribution in [3.63, 3.8) is 0 Å². The van der Waals surface area contributed by atoms with Gasteiger partial charge in [-0.2, -0.15) is 0 Å². The molecule has 0 bridgehead atoms. The largest absolute Gasteiger partial charge is 0.350 e. The fourth-order valence-corrected chi connectivity index (χ4v) is 1.64. The summed E-state index contributed by atoms with van der Waals surface area (Å²) in [6, 6.07) is 9.29. The summed E-state index contributed by atoms with van der Waals surface area (Å²) in [5, 5.41) is 3.75. The van der Waals surface area contributed by atoms with Gasteiger partial charge in [0.2, 0.25) is 0 Å². The lowest BCUT2D eigenvalue weighted by atomic mass is 10.1. The number of nitrogens with zero attached hydrogens (tertiary/aromatic N) is 1. The van der Waals surface area contributed by atoms with Gasteiger partial charge >= 0.3 is 0 Å². The molecule has 17 heavy (non-hydrogen) atoms. The van der Waals surface area contributed by atoms with Crippen molar-refractivity contribution < 1.29 is 4.79 Å². The van der Waals surface area contributed by atoms with Crippen molar-refractivity contribution in [1.29, 1.82) is 0 Å². The summed E-state index contributed by atoms with van der Waals surface area (Å²) in [7, 11) is 0. The molecule has 0 aliphatic carbocycles. The molecule has 1 aromatic carbocycles. The molecule has 1 aromatic heterocycles. The molecular formula is C13H15N3O. The van der Waals surface area contributed by atoms with E-state index in [0.29, 0.717) is 12.1 Å². The number of amides is 1. The molecule has 1 atom stereocenters. The maximum Gasteiger partial charge on any atom is 0.253 e. The summed E-state index contributed by atoms with van der Waals surface area (Å²) < 4.78 is 0. The van der Waals surface area contributed by atoms with E-state index >= 15 is 0 Å². The van der Waals surface area contributed by atoms with Crippen molar-refractivity contribution in [2.24, 2.45) is 5.73 Å². The topological polar surface area (TPSA) is 68.0 Å². The number of nitrogens with one attached hydrogen (secondary N) is 1. The van der Waals surface area contributed by atoms with Crippen molar-refractivity contribution in [2.45, 2.75) is 13.0 Å². The van der Waals surface area contributed by atoms with Crippen LogP contribution in [-0.4, -0.2) is 23.5 Å². The third-order valence-corrected chi connectivity index (χ3v) is 2.46. The molecule has 0 spiro atoms. The van der Waals surface area contributed by atoms with Gasteiger partial charge in [-0.3, -0.25) is 9.78 Å². The number of hydrogen-bond acceptors (Lipinski definition) is 3. The minimum atomic E-state index is -0.133. The van der Waals surface area contributed by atoms with Crippen LogP contribution in [0.4, 0.5) is 0 Å². The number of para-hydroxylation sites is 1. The Hall–Kier alpha value is -1.94. The Kier molecular flexibility index (Phi) is 3.35. The molecule has 0 aliphatic rings. The van der Waals surface area contributed by atoms with Crippen molar-refractivity contribution >= 4 is 16.8 Å². The standard InChI is InChI=1S/C13H15N3O/c1-9(14)8-16-13(17)11-6-2-4-10-5-3-7-15-12(10)11/h2-7,9H,8,14H2,1H3,(H,16,17). The van der Waals surface area contributed by atoms with E-state index in [9.17, 15) is 4.79 Å². The van der Waals surface area contributed by atoms with Crippen molar-refractivity contribution in [3.8, 4) is 0 Å². The Balaban J connectivity index is 2.32. The predicted octanol–water partition coefficient (Wildman–Crippen LogP) is 1.31. The van der Waals surface area contributed by atoms with Gasteiger partial charge in [0.15, 0.2) is 0 Å². The molecule has 1 unspecified atom stereocenters. The number of pyridine rings is 1. The molecule has 0 saturated carbocycles. The Morgan fingerprint density at radius 3 is 2.94 bits per heavy atom. The van der Waals surface area contributed by atoms with E-state index in [1.165, 1.54) is 0 Å². The van der Waals surface area contributed by atoms with Crippen LogP contribution in [0.3, 0.4) is 0 Å². The quantitative estimate of drug-likeness (QED) is 0.833.